The molecule has 7 heteroatoms. The average molecular weight is 231 g/mol. The SMILES string of the molecule is O=C1Nc2cncnc2OC1Cc1cnc[nH]1. The number of nitrogens with zero attached hydrogens (tertiary/aromatic N) is 3. The Morgan fingerprint density at radius 3 is 3.12 bits per heavy atom. The van der Waals surface area contributed by atoms with Gasteiger partial charge in [-0.25, -0.2) is 9.97 Å². The number of nitrogens with one attached hydrogen (secondary N) is 2. The lowest BCUT2D eigenvalue weighted by Crippen LogP contribution is -2.39. The molecule has 0 fully saturated rings. The predicted molar refractivity (Wildman–Crippen MR) is 57.4 cm³/mol. The van der Waals surface area contributed by atoms with Gasteiger partial charge in [0.1, 0.15) is 12.0 Å². The Labute approximate surface area is 96.3 Å². The van der Waals surface area contributed by atoms with Crippen molar-refractivity contribution in [3.05, 3.63) is 30.7 Å². The van der Waals surface area contributed by atoms with Crippen molar-refractivity contribution < 1.29 is 9.53 Å². The van der Waals surface area contributed by atoms with E-state index in [2.05, 4.69) is 25.3 Å². The largest absolute Gasteiger partial charge is 0.462 e. The number of aromatic nitrogens is 4. The van der Waals surface area contributed by atoms with Crippen molar-refractivity contribution in [2.75, 3.05) is 5.32 Å². The van der Waals surface area contributed by atoms with E-state index in [1.807, 2.05) is 0 Å². The van der Waals surface area contributed by atoms with Gasteiger partial charge in [-0.1, -0.05) is 0 Å². The smallest absolute Gasteiger partial charge is 0.266 e. The Morgan fingerprint density at radius 1 is 1.35 bits per heavy atom. The number of fused-ring (bicyclic) bond motifs is 1. The van der Waals surface area contributed by atoms with Gasteiger partial charge in [0.2, 0.25) is 5.88 Å². The van der Waals surface area contributed by atoms with Crippen molar-refractivity contribution in [2.45, 2.75) is 12.5 Å². The van der Waals surface area contributed by atoms with Crippen LogP contribution in [0.1, 0.15) is 5.69 Å². The minimum absolute atomic E-state index is 0.207. The quantitative estimate of drug-likeness (QED) is 0.767. The van der Waals surface area contributed by atoms with Gasteiger partial charge in [0.05, 0.1) is 12.5 Å². The Kier molecular flexibility index (Phi) is 2.21. The predicted octanol–water partition coefficient (Wildman–Crippen LogP) is 0.142. The second-order valence-corrected chi connectivity index (χ2v) is 3.62. The number of hydrogen-bond donors (Lipinski definition) is 2. The molecule has 0 saturated heterocycles. The van der Waals surface area contributed by atoms with E-state index in [1.165, 1.54) is 12.5 Å². The molecule has 0 aliphatic carbocycles. The molecule has 1 unspecified atom stereocenters. The van der Waals surface area contributed by atoms with Crippen LogP contribution in [0.5, 0.6) is 5.88 Å². The molecule has 0 saturated carbocycles. The van der Waals surface area contributed by atoms with Crippen molar-refractivity contribution in [1.82, 2.24) is 19.9 Å². The molecule has 17 heavy (non-hydrogen) atoms. The molecule has 0 bridgehead atoms. The molecule has 1 atom stereocenters. The molecule has 86 valence electrons. The van der Waals surface area contributed by atoms with Crippen LogP contribution in [0.15, 0.2) is 25.0 Å². The van der Waals surface area contributed by atoms with Gasteiger partial charge < -0.3 is 15.0 Å². The second kappa shape index (κ2) is 3.85. The van der Waals surface area contributed by atoms with Crippen molar-refractivity contribution >= 4 is 11.6 Å². The highest BCUT2D eigenvalue weighted by atomic mass is 16.5. The van der Waals surface area contributed by atoms with Crippen LogP contribution >= 0.6 is 0 Å². The third-order valence-electron chi connectivity index (χ3n) is 2.44. The molecule has 0 spiro atoms. The Hall–Kier alpha value is -2.44. The first-order valence-corrected chi connectivity index (χ1v) is 5.08. The first-order chi connectivity index (χ1) is 8.33. The fourth-order valence-corrected chi connectivity index (χ4v) is 1.63. The summed E-state index contributed by atoms with van der Waals surface area (Å²) in [6.45, 7) is 0. The fraction of sp³-hybridized carbons (Fsp3) is 0.200. The third-order valence-corrected chi connectivity index (χ3v) is 2.44. The Bertz CT molecular complexity index is 539. The number of aromatic amines is 1. The van der Waals surface area contributed by atoms with Gasteiger partial charge >= 0.3 is 0 Å². The van der Waals surface area contributed by atoms with Crippen molar-refractivity contribution in [3.8, 4) is 5.88 Å². The van der Waals surface area contributed by atoms with E-state index in [9.17, 15) is 4.79 Å². The third kappa shape index (κ3) is 1.82. The van der Waals surface area contributed by atoms with E-state index in [0.717, 1.165) is 5.69 Å². The number of ether oxygens (including phenoxy) is 1. The summed E-state index contributed by atoms with van der Waals surface area (Å²) in [5.41, 5.74) is 1.33. The van der Waals surface area contributed by atoms with Gasteiger partial charge in [0.25, 0.3) is 5.91 Å². The zero-order chi connectivity index (χ0) is 11.7. The van der Waals surface area contributed by atoms with Crippen LogP contribution in [-0.2, 0) is 11.2 Å². The maximum Gasteiger partial charge on any atom is 0.266 e. The summed E-state index contributed by atoms with van der Waals surface area (Å²) in [5, 5.41) is 2.70. The lowest BCUT2D eigenvalue weighted by atomic mass is 10.1. The summed E-state index contributed by atoms with van der Waals surface area (Å²) in [6.07, 6.45) is 5.93. The molecule has 2 N–H and O–H groups in total. The topological polar surface area (TPSA) is 92.8 Å². The normalized spacial score (nSPS) is 18.1. The first kappa shape index (κ1) is 9.76. The second-order valence-electron chi connectivity index (χ2n) is 3.62. The molecule has 0 radical (unpaired) electrons. The van der Waals surface area contributed by atoms with Crippen molar-refractivity contribution in [1.29, 1.82) is 0 Å². The van der Waals surface area contributed by atoms with E-state index in [4.69, 9.17) is 4.74 Å². The van der Waals surface area contributed by atoms with E-state index < -0.39 is 6.10 Å². The van der Waals surface area contributed by atoms with E-state index in [-0.39, 0.29) is 5.91 Å². The van der Waals surface area contributed by atoms with Crippen LogP contribution in [-0.4, -0.2) is 31.9 Å². The van der Waals surface area contributed by atoms with Gasteiger partial charge in [-0.15, -0.1) is 0 Å². The maximum absolute atomic E-state index is 11.8. The summed E-state index contributed by atoms with van der Waals surface area (Å²) in [4.78, 5) is 26.3. The minimum atomic E-state index is -0.599. The van der Waals surface area contributed by atoms with Crippen LogP contribution in [0.3, 0.4) is 0 Å². The summed E-state index contributed by atoms with van der Waals surface area (Å²) in [7, 11) is 0. The number of carbonyl (C=O) groups is 1. The van der Waals surface area contributed by atoms with Crippen molar-refractivity contribution in [2.24, 2.45) is 0 Å². The maximum atomic E-state index is 11.8. The number of imidazole rings is 1. The summed E-state index contributed by atoms with van der Waals surface area (Å²) in [6, 6.07) is 0. The Morgan fingerprint density at radius 2 is 2.29 bits per heavy atom. The molecule has 3 rings (SSSR count). The monoisotopic (exact) mass is 231 g/mol. The zero-order valence-electron chi connectivity index (χ0n) is 8.75. The molecule has 1 aliphatic rings. The van der Waals surface area contributed by atoms with E-state index in [1.54, 1.807) is 12.5 Å². The van der Waals surface area contributed by atoms with Crippen LogP contribution in [0.25, 0.3) is 0 Å². The standard InChI is InChI=1S/C10H9N5O2/c16-9-8(1-6-2-11-4-13-6)17-10-7(15-9)3-12-5-14-10/h2-5,8H,1H2,(H,11,13)(H,15,16). The van der Waals surface area contributed by atoms with E-state index >= 15 is 0 Å². The van der Waals surface area contributed by atoms with Crippen LogP contribution in [0.4, 0.5) is 5.69 Å². The Balaban J connectivity index is 1.82. The van der Waals surface area contributed by atoms with Gasteiger partial charge in [-0.05, 0) is 0 Å². The number of hydrogen-bond acceptors (Lipinski definition) is 5. The summed E-state index contributed by atoms with van der Waals surface area (Å²) in [5.74, 6) is 0.186. The number of carbonyl (C=O) groups excluding carboxylic acids is 1. The van der Waals surface area contributed by atoms with Gasteiger partial charge in [0.15, 0.2) is 6.10 Å². The molecule has 0 aromatic carbocycles. The number of H-pyrrole nitrogens is 1. The molecule has 2 aromatic rings. The lowest BCUT2D eigenvalue weighted by Gasteiger charge is -2.23. The lowest BCUT2D eigenvalue weighted by molar-refractivity contribution is -0.123. The van der Waals surface area contributed by atoms with Crippen LogP contribution < -0.4 is 10.1 Å². The molecule has 3 heterocycles. The van der Waals surface area contributed by atoms with Gasteiger partial charge in [-0.2, -0.15) is 4.98 Å². The number of rotatable bonds is 2. The molecule has 7 nitrogen and oxygen atoms in total. The highest BCUT2D eigenvalue weighted by molar-refractivity contribution is 5.97. The zero-order valence-corrected chi connectivity index (χ0v) is 8.75. The van der Waals surface area contributed by atoms with Gasteiger partial charge in [0, 0.05) is 18.3 Å². The molecular formula is C10H9N5O2. The van der Waals surface area contributed by atoms with Crippen LogP contribution in [0, 0.1) is 0 Å². The highest BCUT2D eigenvalue weighted by Gasteiger charge is 2.29. The minimum Gasteiger partial charge on any atom is -0.462 e. The summed E-state index contributed by atoms with van der Waals surface area (Å²) >= 11 is 0. The average Bonchev–Trinajstić information content (AvgIpc) is 2.83. The molecule has 1 aliphatic heterocycles. The molecular weight excluding hydrogens is 222 g/mol. The van der Waals surface area contributed by atoms with E-state index in [0.29, 0.717) is 18.0 Å². The highest BCUT2D eigenvalue weighted by Crippen LogP contribution is 2.26. The molecule has 2 aromatic heterocycles. The number of anilines is 1. The van der Waals surface area contributed by atoms with Gasteiger partial charge in [-0.3, -0.25) is 4.79 Å². The fourth-order valence-electron chi connectivity index (χ4n) is 1.63. The number of amides is 1. The van der Waals surface area contributed by atoms with Crippen molar-refractivity contribution in [3.63, 3.8) is 0 Å². The van der Waals surface area contributed by atoms with Crippen LogP contribution in [0.2, 0.25) is 0 Å². The molecule has 1 amide bonds. The first-order valence-electron chi connectivity index (χ1n) is 5.08. The summed E-state index contributed by atoms with van der Waals surface area (Å²) < 4.78 is 5.51.